The number of benzene rings is 2. The zero-order valence-electron chi connectivity index (χ0n) is 14.6. The van der Waals surface area contributed by atoms with Gasteiger partial charge >= 0.3 is 6.18 Å². The molecule has 0 aliphatic rings. The number of carbonyl (C=O) groups is 2. The molecule has 0 unspecified atom stereocenters. The number of aldehydes is 1. The van der Waals surface area contributed by atoms with Gasteiger partial charge in [-0.25, -0.2) is 4.98 Å². The van der Waals surface area contributed by atoms with Crippen LogP contribution < -0.4 is 10.1 Å². The first kappa shape index (κ1) is 19.9. The van der Waals surface area contributed by atoms with Crippen LogP contribution in [0.5, 0.6) is 17.2 Å². The van der Waals surface area contributed by atoms with Crippen molar-refractivity contribution in [1.29, 1.82) is 0 Å². The number of nitrogens with one attached hydrogen (secondary N) is 1. The lowest BCUT2D eigenvalue weighted by molar-refractivity contribution is -0.137. The Morgan fingerprint density at radius 1 is 1.00 bits per heavy atom. The number of carbonyl (C=O) groups excluding carboxylic acids is 2. The van der Waals surface area contributed by atoms with Crippen LogP contribution in [0, 0.1) is 0 Å². The number of anilines is 1. The van der Waals surface area contributed by atoms with Gasteiger partial charge in [-0.2, -0.15) is 13.2 Å². The minimum Gasteiger partial charge on any atom is -0.505 e. The van der Waals surface area contributed by atoms with E-state index in [9.17, 15) is 27.9 Å². The molecule has 3 rings (SSSR count). The van der Waals surface area contributed by atoms with Gasteiger partial charge in [-0.05, 0) is 54.6 Å². The maximum Gasteiger partial charge on any atom is 0.416 e. The van der Waals surface area contributed by atoms with E-state index in [1.807, 2.05) is 0 Å². The van der Waals surface area contributed by atoms with Gasteiger partial charge in [0, 0.05) is 11.9 Å². The van der Waals surface area contributed by atoms with E-state index in [2.05, 4.69) is 10.3 Å². The molecule has 0 saturated carbocycles. The molecule has 0 fully saturated rings. The molecule has 0 spiro atoms. The van der Waals surface area contributed by atoms with Crippen LogP contribution in [0.3, 0.4) is 0 Å². The molecule has 1 amide bonds. The summed E-state index contributed by atoms with van der Waals surface area (Å²) in [4.78, 5) is 26.8. The van der Waals surface area contributed by atoms with Crippen LogP contribution in [-0.4, -0.2) is 22.3 Å². The molecule has 3 aromatic rings. The first-order valence-corrected chi connectivity index (χ1v) is 8.17. The fourth-order valence-corrected chi connectivity index (χ4v) is 2.37. The molecule has 0 radical (unpaired) electrons. The monoisotopic (exact) mass is 402 g/mol. The first-order valence-electron chi connectivity index (χ1n) is 8.17. The fraction of sp³-hybridized carbons (Fsp3) is 0.0500. The third-order valence-electron chi connectivity index (χ3n) is 3.83. The predicted octanol–water partition coefficient (Wildman–Crippen LogP) is 4.66. The number of halogens is 3. The van der Waals surface area contributed by atoms with Crippen LogP contribution in [0.4, 0.5) is 18.9 Å². The second-order valence-electron chi connectivity index (χ2n) is 5.82. The normalized spacial score (nSPS) is 11.0. The minimum absolute atomic E-state index is 0.0644. The average molecular weight is 402 g/mol. The Bertz CT molecular complexity index is 1030. The highest BCUT2D eigenvalue weighted by atomic mass is 19.4. The summed E-state index contributed by atoms with van der Waals surface area (Å²) < 4.78 is 43.2. The Morgan fingerprint density at radius 2 is 1.59 bits per heavy atom. The smallest absolute Gasteiger partial charge is 0.416 e. The summed E-state index contributed by atoms with van der Waals surface area (Å²) in [5.41, 5.74) is -0.795. The molecule has 29 heavy (non-hydrogen) atoms. The Balaban J connectivity index is 1.67. The molecule has 9 heteroatoms. The molecule has 148 valence electrons. The summed E-state index contributed by atoms with van der Waals surface area (Å²) in [5.74, 6) is -0.689. The molecule has 0 aliphatic heterocycles. The molecular formula is C20H13F3N2O4. The lowest BCUT2D eigenvalue weighted by Gasteiger charge is -2.10. The molecule has 2 aromatic carbocycles. The highest BCUT2D eigenvalue weighted by Gasteiger charge is 2.30. The SMILES string of the molecule is O=Cc1ccnc(C(=O)Nc2ccc(Oc3ccc(C(F)(F)F)cc3)cc2)c1O. The number of aromatic nitrogens is 1. The van der Waals surface area contributed by atoms with Gasteiger partial charge in [-0.3, -0.25) is 9.59 Å². The second-order valence-corrected chi connectivity index (χ2v) is 5.82. The van der Waals surface area contributed by atoms with Gasteiger partial charge in [0.15, 0.2) is 17.7 Å². The van der Waals surface area contributed by atoms with Crippen molar-refractivity contribution in [1.82, 2.24) is 4.98 Å². The zero-order valence-corrected chi connectivity index (χ0v) is 14.6. The van der Waals surface area contributed by atoms with Crippen molar-refractivity contribution in [3.63, 3.8) is 0 Å². The number of amides is 1. The maximum atomic E-state index is 12.6. The Kier molecular flexibility index (Phi) is 5.49. The third-order valence-corrected chi connectivity index (χ3v) is 3.83. The standard InChI is InChI=1S/C20H13F3N2O4/c21-20(22,23)13-1-5-15(6-2-13)29-16-7-3-14(4-8-16)25-19(28)17-18(27)12(11-26)9-10-24-17/h1-11,27H,(H,25,28). The number of aromatic hydroxyl groups is 1. The van der Waals surface area contributed by atoms with E-state index in [1.54, 1.807) is 0 Å². The van der Waals surface area contributed by atoms with Crippen molar-refractivity contribution < 1.29 is 32.6 Å². The van der Waals surface area contributed by atoms with Gasteiger partial charge in [0.2, 0.25) is 0 Å². The average Bonchev–Trinajstić information content (AvgIpc) is 2.69. The van der Waals surface area contributed by atoms with Gasteiger partial charge < -0.3 is 15.2 Å². The van der Waals surface area contributed by atoms with Crippen LogP contribution in [0.15, 0.2) is 60.8 Å². The minimum atomic E-state index is -4.42. The highest BCUT2D eigenvalue weighted by Crippen LogP contribution is 2.31. The molecular weight excluding hydrogens is 389 g/mol. The Labute approximate surface area is 162 Å². The summed E-state index contributed by atoms with van der Waals surface area (Å²) in [5, 5.41) is 12.4. The molecule has 0 atom stereocenters. The quantitative estimate of drug-likeness (QED) is 0.606. The van der Waals surface area contributed by atoms with Crippen LogP contribution in [0.2, 0.25) is 0 Å². The Morgan fingerprint density at radius 3 is 2.14 bits per heavy atom. The van der Waals surface area contributed by atoms with Crippen molar-refractivity contribution in [2.24, 2.45) is 0 Å². The van der Waals surface area contributed by atoms with Crippen molar-refractivity contribution in [2.75, 3.05) is 5.32 Å². The Hall–Kier alpha value is -3.88. The molecule has 1 aromatic heterocycles. The zero-order chi connectivity index (χ0) is 21.0. The van der Waals surface area contributed by atoms with Crippen molar-refractivity contribution in [2.45, 2.75) is 6.18 Å². The van der Waals surface area contributed by atoms with Crippen LogP contribution in [0.1, 0.15) is 26.4 Å². The summed E-state index contributed by atoms with van der Waals surface area (Å²) in [6, 6.07) is 11.5. The van der Waals surface area contributed by atoms with Crippen LogP contribution >= 0.6 is 0 Å². The second kappa shape index (κ2) is 8.01. The maximum absolute atomic E-state index is 12.6. The van der Waals surface area contributed by atoms with Gasteiger partial charge in [-0.15, -0.1) is 0 Å². The van der Waals surface area contributed by atoms with Gasteiger partial charge in [-0.1, -0.05) is 0 Å². The van der Waals surface area contributed by atoms with Gasteiger partial charge in [0.25, 0.3) is 5.91 Å². The number of hydrogen-bond acceptors (Lipinski definition) is 5. The van der Waals surface area contributed by atoms with E-state index in [0.717, 1.165) is 12.1 Å². The van der Waals surface area contributed by atoms with Crippen molar-refractivity contribution in [3.8, 4) is 17.2 Å². The molecule has 2 N–H and O–H groups in total. The van der Waals surface area contributed by atoms with E-state index in [-0.39, 0.29) is 17.0 Å². The topological polar surface area (TPSA) is 88.5 Å². The van der Waals surface area contributed by atoms with Crippen molar-refractivity contribution >= 4 is 17.9 Å². The molecule has 0 saturated heterocycles. The van der Waals surface area contributed by atoms with E-state index in [1.165, 1.54) is 48.7 Å². The number of alkyl halides is 3. The molecule has 0 bridgehead atoms. The first-order chi connectivity index (χ1) is 13.8. The number of hydrogen-bond donors (Lipinski definition) is 2. The third kappa shape index (κ3) is 4.70. The number of ether oxygens (including phenoxy) is 1. The summed E-state index contributed by atoms with van der Waals surface area (Å²) in [6.45, 7) is 0. The van der Waals surface area contributed by atoms with E-state index in [0.29, 0.717) is 17.7 Å². The van der Waals surface area contributed by atoms with E-state index < -0.39 is 23.4 Å². The number of nitrogens with zero attached hydrogens (tertiary/aromatic N) is 1. The van der Waals surface area contributed by atoms with Crippen molar-refractivity contribution in [3.05, 3.63) is 77.6 Å². The molecule has 1 heterocycles. The van der Waals surface area contributed by atoms with Gasteiger partial charge in [0.05, 0.1) is 11.1 Å². The molecule has 6 nitrogen and oxygen atoms in total. The van der Waals surface area contributed by atoms with Crippen LogP contribution in [0.25, 0.3) is 0 Å². The predicted molar refractivity (Wildman–Crippen MR) is 97.2 cm³/mol. The van der Waals surface area contributed by atoms with E-state index >= 15 is 0 Å². The molecule has 0 aliphatic carbocycles. The highest BCUT2D eigenvalue weighted by molar-refractivity contribution is 6.06. The summed E-state index contributed by atoms with van der Waals surface area (Å²) >= 11 is 0. The summed E-state index contributed by atoms with van der Waals surface area (Å²) in [6.07, 6.45) is -2.80. The lowest BCUT2D eigenvalue weighted by atomic mass is 10.2. The number of rotatable bonds is 5. The fourth-order valence-electron chi connectivity index (χ4n) is 2.37. The van der Waals surface area contributed by atoms with Crippen LogP contribution in [-0.2, 0) is 6.18 Å². The largest absolute Gasteiger partial charge is 0.505 e. The lowest BCUT2D eigenvalue weighted by Crippen LogP contribution is -2.14. The number of pyridine rings is 1. The summed E-state index contributed by atoms with van der Waals surface area (Å²) in [7, 11) is 0. The van der Waals surface area contributed by atoms with E-state index in [4.69, 9.17) is 4.74 Å². The van der Waals surface area contributed by atoms with Gasteiger partial charge in [0.1, 0.15) is 11.5 Å².